The summed E-state index contributed by atoms with van der Waals surface area (Å²) in [6.07, 6.45) is 1.77. The molecule has 4 nitrogen and oxygen atoms in total. The Balaban J connectivity index is 2.05. The van der Waals surface area contributed by atoms with Gasteiger partial charge in [0.15, 0.2) is 5.76 Å². The molecule has 1 heterocycles. The van der Waals surface area contributed by atoms with Crippen LogP contribution in [0.2, 0.25) is 0 Å². The van der Waals surface area contributed by atoms with Crippen LogP contribution in [0, 0.1) is 0 Å². The van der Waals surface area contributed by atoms with Gasteiger partial charge in [0.1, 0.15) is 5.76 Å². The molecule has 0 radical (unpaired) electrons. The summed E-state index contributed by atoms with van der Waals surface area (Å²) in [4.78, 5) is 11.8. The maximum absolute atomic E-state index is 11.8. The number of amides is 1. The third-order valence-electron chi connectivity index (χ3n) is 3.14. The number of hydrogen-bond donors (Lipinski definition) is 2. The van der Waals surface area contributed by atoms with E-state index in [0.29, 0.717) is 24.6 Å². The van der Waals surface area contributed by atoms with E-state index in [-0.39, 0.29) is 5.91 Å². The van der Waals surface area contributed by atoms with Crippen molar-refractivity contribution in [3.63, 3.8) is 0 Å². The summed E-state index contributed by atoms with van der Waals surface area (Å²) in [5.41, 5.74) is 7.64. The molecule has 0 unspecified atom stereocenters. The average Bonchev–Trinajstić information content (AvgIpc) is 2.97. The van der Waals surface area contributed by atoms with Crippen LogP contribution < -0.4 is 11.1 Å². The normalized spacial score (nSPS) is 10.5. The fraction of sp³-hybridized carbons (Fsp3) is 0.312. The largest absolute Gasteiger partial charge is 0.451 e. The van der Waals surface area contributed by atoms with Crippen molar-refractivity contribution in [2.45, 2.75) is 19.8 Å². The molecule has 2 aromatic rings. The number of benzene rings is 1. The highest BCUT2D eigenvalue weighted by molar-refractivity contribution is 5.92. The van der Waals surface area contributed by atoms with Gasteiger partial charge in [-0.2, -0.15) is 0 Å². The molecule has 0 aliphatic rings. The minimum absolute atomic E-state index is 0.199. The number of nitrogens with one attached hydrogen (secondary N) is 1. The molecular weight excluding hydrogens is 252 g/mol. The molecule has 2 rings (SSSR count). The zero-order chi connectivity index (χ0) is 14.4. The van der Waals surface area contributed by atoms with Gasteiger partial charge in [-0.05, 0) is 37.1 Å². The molecule has 0 aliphatic carbocycles. The molecule has 3 N–H and O–H groups in total. The van der Waals surface area contributed by atoms with Gasteiger partial charge < -0.3 is 15.5 Å². The number of rotatable bonds is 6. The van der Waals surface area contributed by atoms with Crippen LogP contribution in [-0.4, -0.2) is 19.0 Å². The lowest BCUT2D eigenvalue weighted by atomic mass is 10.1. The topological polar surface area (TPSA) is 68.3 Å². The maximum Gasteiger partial charge on any atom is 0.287 e. The van der Waals surface area contributed by atoms with Gasteiger partial charge in [-0.3, -0.25) is 4.79 Å². The Morgan fingerprint density at radius 1 is 1.20 bits per heavy atom. The van der Waals surface area contributed by atoms with Gasteiger partial charge in [0.05, 0.1) is 0 Å². The molecule has 1 aromatic heterocycles. The van der Waals surface area contributed by atoms with E-state index in [4.69, 9.17) is 10.2 Å². The standard InChI is InChI=1S/C16H20N2O2/c1-2-12-4-6-13(7-5-12)14-8-9-15(20-14)16(19)18-11-3-10-17/h4-9H,2-3,10-11,17H2,1H3,(H,18,19). The van der Waals surface area contributed by atoms with Crippen molar-refractivity contribution in [3.05, 3.63) is 47.7 Å². The third kappa shape index (κ3) is 3.48. The van der Waals surface area contributed by atoms with Crippen molar-refractivity contribution in [3.8, 4) is 11.3 Å². The Morgan fingerprint density at radius 3 is 2.60 bits per heavy atom. The molecule has 0 fully saturated rings. The number of aryl methyl sites for hydroxylation is 1. The first-order valence-corrected chi connectivity index (χ1v) is 6.92. The Bertz CT molecular complexity index is 558. The Kier molecular flexibility index (Phi) is 4.96. The van der Waals surface area contributed by atoms with Crippen LogP contribution in [0.4, 0.5) is 0 Å². The average molecular weight is 272 g/mol. The van der Waals surface area contributed by atoms with Crippen LogP contribution in [0.5, 0.6) is 0 Å². The third-order valence-corrected chi connectivity index (χ3v) is 3.14. The van der Waals surface area contributed by atoms with Gasteiger partial charge in [0.25, 0.3) is 5.91 Å². The SMILES string of the molecule is CCc1ccc(-c2ccc(C(=O)NCCCN)o2)cc1. The van der Waals surface area contributed by atoms with E-state index in [1.165, 1.54) is 5.56 Å². The van der Waals surface area contributed by atoms with E-state index in [0.717, 1.165) is 18.4 Å². The zero-order valence-corrected chi connectivity index (χ0v) is 11.7. The van der Waals surface area contributed by atoms with Crippen LogP contribution in [0.15, 0.2) is 40.8 Å². The fourth-order valence-corrected chi connectivity index (χ4v) is 1.91. The molecule has 1 aromatic carbocycles. The first-order chi connectivity index (χ1) is 9.74. The van der Waals surface area contributed by atoms with Crippen molar-refractivity contribution in [1.29, 1.82) is 0 Å². The van der Waals surface area contributed by atoms with Crippen molar-refractivity contribution in [2.75, 3.05) is 13.1 Å². The molecule has 0 atom stereocenters. The van der Waals surface area contributed by atoms with Crippen LogP contribution in [-0.2, 0) is 6.42 Å². The lowest BCUT2D eigenvalue weighted by Gasteiger charge is -2.02. The van der Waals surface area contributed by atoms with E-state index in [1.807, 2.05) is 18.2 Å². The fourth-order valence-electron chi connectivity index (χ4n) is 1.91. The number of nitrogens with two attached hydrogens (primary N) is 1. The van der Waals surface area contributed by atoms with Gasteiger partial charge in [-0.15, -0.1) is 0 Å². The molecule has 20 heavy (non-hydrogen) atoms. The molecule has 0 saturated heterocycles. The van der Waals surface area contributed by atoms with E-state index in [1.54, 1.807) is 6.07 Å². The van der Waals surface area contributed by atoms with Crippen LogP contribution in [0.25, 0.3) is 11.3 Å². The lowest BCUT2D eigenvalue weighted by molar-refractivity contribution is 0.0926. The Hall–Kier alpha value is -2.07. The van der Waals surface area contributed by atoms with E-state index < -0.39 is 0 Å². The lowest BCUT2D eigenvalue weighted by Crippen LogP contribution is -2.25. The summed E-state index contributed by atoms with van der Waals surface area (Å²) in [5, 5.41) is 2.77. The summed E-state index contributed by atoms with van der Waals surface area (Å²) in [7, 11) is 0. The second-order valence-corrected chi connectivity index (χ2v) is 4.61. The predicted octanol–water partition coefficient (Wildman–Crippen LogP) is 2.59. The van der Waals surface area contributed by atoms with Crippen molar-refractivity contribution < 1.29 is 9.21 Å². The van der Waals surface area contributed by atoms with Gasteiger partial charge in [0, 0.05) is 12.1 Å². The van der Waals surface area contributed by atoms with E-state index in [9.17, 15) is 4.79 Å². The van der Waals surface area contributed by atoms with Gasteiger partial charge in [0.2, 0.25) is 0 Å². The summed E-state index contributed by atoms with van der Waals surface area (Å²) >= 11 is 0. The van der Waals surface area contributed by atoms with Crippen molar-refractivity contribution in [1.82, 2.24) is 5.32 Å². The van der Waals surface area contributed by atoms with Crippen LogP contribution in [0.3, 0.4) is 0 Å². The monoisotopic (exact) mass is 272 g/mol. The zero-order valence-electron chi connectivity index (χ0n) is 11.7. The second-order valence-electron chi connectivity index (χ2n) is 4.61. The summed E-state index contributed by atoms with van der Waals surface area (Å²) in [6, 6.07) is 11.7. The van der Waals surface area contributed by atoms with E-state index >= 15 is 0 Å². The molecule has 0 saturated carbocycles. The number of hydrogen-bond acceptors (Lipinski definition) is 3. The summed E-state index contributed by atoms with van der Waals surface area (Å²) < 4.78 is 5.59. The molecule has 106 valence electrons. The van der Waals surface area contributed by atoms with Gasteiger partial charge >= 0.3 is 0 Å². The molecular formula is C16H20N2O2. The molecule has 1 amide bonds. The number of carbonyl (C=O) groups is 1. The highest BCUT2D eigenvalue weighted by atomic mass is 16.3. The van der Waals surface area contributed by atoms with Crippen LogP contribution >= 0.6 is 0 Å². The minimum Gasteiger partial charge on any atom is -0.451 e. The van der Waals surface area contributed by atoms with Crippen molar-refractivity contribution >= 4 is 5.91 Å². The molecule has 4 heteroatoms. The molecule has 0 aliphatic heterocycles. The number of carbonyl (C=O) groups excluding carboxylic acids is 1. The van der Waals surface area contributed by atoms with Gasteiger partial charge in [-0.1, -0.05) is 31.2 Å². The maximum atomic E-state index is 11.8. The first-order valence-electron chi connectivity index (χ1n) is 6.92. The predicted molar refractivity (Wildman–Crippen MR) is 79.5 cm³/mol. The van der Waals surface area contributed by atoms with Crippen LogP contribution in [0.1, 0.15) is 29.5 Å². The second kappa shape index (κ2) is 6.91. The quantitative estimate of drug-likeness (QED) is 0.794. The van der Waals surface area contributed by atoms with Crippen molar-refractivity contribution in [2.24, 2.45) is 5.73 Å². The summed E-state index contributed by atoms with van der Waals surface area (Å²) in [5.74, 6) is 0.836. The molecule has 0 bridgehead atoms. The minimum atomic E-state index is -0.199. The Morgan fingerprint density at radius 2 is 1.95 bits per heavy atom. The molecule has 0 spiro atoms. The highest BCUT2D eigenvalue weighted by Gasteiger charge is 2.11. The smallest absolute Gasteiger partial charge is 0.287 e. The van der Waals surface area contributed by atoms with E-state index in [2.05, 4.69) is 24.4 Å². The summed E-state index contributed by atoms with van der Waals surface area (Å²) in [6.45, 7) is 3.25. The highest BCUT2D eigenvalue weighted by Crippen LogP contribution is 2.22. The van der Waals surface area contributed by atoms with Gasteiger partial charge in [-0.25, -0.2) is 0 Å². The first kappa shape index (κ1) is 14.3. The Labute approximate surface area is 119 Å². The number of furan rings is 1.